The van der Waals surface area contributed by atoms with E-state index in [-0.39, 0.29) is 5.75 Å². The Hall–Kier alpha value is -0.950. The van der Waals surface area contributed by atoms with Gasteiger partial charge in [0.15, 0.2) is 11.1 Å². The van der Waals surface area contributed by atoms with E-state index in [4.69, 9.17) is 4.55 Å². The third-order valence-electron chi connectivity index (χ3n) is 1.17. The van der Waals surface area contributed by atoms with Gasteiger partial charge in [0.1, 0.15) is 6.04 Å². The highest BCUT2D eigenvalue weighted by Gasteiger charge is 2.21. The van der Waals surface area contributed by atoms with Crippen LogP contribution in [0.5, 0.6) is 0 Å². The molecule has 0 fully saturated rings. The Balaban J connectivity index is 4.26. The van der Waals surface area contributed by atoms with Gasteiger partial charge in [-0.05, 0) is 0 Å². The lowest BCUT2D eigenvalue weighted by Gasteiger charge is -2.12. The van der Waals surface area contributed by atoms with Gasteiger partial charge in [-0.25, -0.2) is 9.00 Å². The molecule has 0 aliphatic carbocycles. The second-order valence-corrected chi connectivity index (χ2v) is 3.24. The van der Waals surface area contributed by atoms with Crippen LogP contribution in [0.15, 0.2) is 0 Å². The van der Waals surface area contributed by atoms with Gasteiger partial charge in [-0.2, -0.15) is 0 Å². The van der Waals surface area contributed by atoms with Gasteiger partial charge >= 0.3 is 5.97 Å². The minimum absolute atomic E-state index is 0.369. The molecule has 0 bridgehead atoms. The summed E-state index contributed by atoms with van der Waals surface area (Å²) in [6.45, 7) is 1.20. The Bertz CT molecular complexity index is 213. The lowest BCUT2D eigenvalue weighted by Crippen LogP contribution is -2.44. The Labute approximate surface area is 77.9 Å². The molecule has 0 rings (SSSR count). The van der Waals surface area contributed by atoms with Gasteiger partial charge in [0.25, 0.3) is 0 Å². The summed E-state index contributed by atoms with van der Waals surface area (Å²) in [5.41, 5.74) is 0. The molecule has 0 radical (unpaired) electrons. The number of rotatable bonds is 4. The lowest BCUT2D eigenvalue weighted by molar-refractivity contribution is -0.144. The predicted molar refractivity (Wildman–Crippen MR) is 45.3 cm³/mol. The van der Waals surface area contributed by atoms with E-state index in [0.29, 0.717) is 0 Å². The Morgan fingerprint density at radius 3 is 2.46 bits per heavy atom. The molecular formula is C6H11NO5S. The molecule has 0 aliphatic heterocycles. The minimum Gasteiger partial charge on any atom is -0.467 e. The second-order valence-electron chi connectivity index (χ2n) is 2.26. The Morgan fingerprint density at radius 1 is 1.62 bits per heavy atom. The van der Waals surface area contributed by atoms with Crippen molar-refractivity contribution in [2.24, 2.45) is 0 Å². The molecule has 0 heterocycles. The van der Waals surface area contributed by atoms with Crippen molar-refractivity contribution in [1.82, 2.24) is 5.32 Å². The van der Waals surface area contributed by atoms with Crippen molar-refractivity contribution in [3.63, 3.8) is 0 Å². The zero-order valence-corrected chi connectivity index (χ0v) is 8.09. The molecule has 0 saturated carbocycles. The van der Waals surface area contributed by atoms with Gasteiger partial charge in [-0.1, -0.05) is 0 Å². The van der Waals surface area contributed by atoms with Crippen molar-refractivity contribution >= 4 is 23.0 Å². The Morgan fingerprint density at radius 2 is 2.15 bits per heavy atom. The monoisotopic (exact) mass is 209 g/mol. The van der Waals surface area contributed by atoms with Crippen molar-refractivity contribution in [3.8, 4) is 0 Å². The fourth-order valence-corrected chi connectivity index (χ4v) is 1.20. The highest BCUT2D eigenvalue weighted by atomic mass is 32.2. The summed E-state index contributed by atoms with van der Waals surface area (Å²) in [5, 5.41) is 2.20. The predicted octanol–water partition coefficient (Wildman–Crippen LogP) is -1.11. The molecule has 1 amide bonds. The quantitative estimate of drug-likeness (QED) is 0.452. The van der Waals surface area contributed by atoms with E-state index in [1.54, 1.807) is 0 Å². The largest absolute Gasteiger partial charge is 0.467 e. The molecule has 2 atom stereocenters. The highest BCUT2D eigenvalue weighted by Crippen LogP contribution is 1.91. The summed E-state index contributed by atoms with van der Waals surface area (Å²) in [7, 11) is 1.14. The van der Waals surface area contributed by atoms with Crippen LogP contribution in [-0.4, -0.2) is 39.5 Å². The second kappa shape index (κ2) is 5.65. The number of hydrogen-bond donors (Lipinski definition) is 2. The first-order valence-corrected chi connectivity index (χ1v) is 4.67. The smallest absolute Gasteiger partial charge is 0.329 e. The van der Waals surface area contributed by atoms with Gasteiger partial charge in [0.05, 0.1) is 12.9 Å². The van der Waals surface area contributed by atoms with Gasteiger partial charge in [0, 0.05) is 6.92 Å². The van der Waals surface area contributed by atoms with Crippen LogP contribution in [0.3, 0.4) is 0 Å². The number of nitrogens with one attached hydrogen (secondary N) is 1. The van der Waals surface area contributed by atoms with Crippen LogP contribution in [-0.2, 0) is 25.4 Å². The summed E-state index contributed by atoms with van der Waals surface area (Å²) < 4.78 is 23.2. The van der Waals surface area contributed by atoms with Crippen molar-refractivity contribution in [2.45, 2.75) is 13.0 Å². The fourth-order valence-electron chi connectivity index (χ4n) is 0.699. The number of amides is 1. The average Bonchev–Trinajstić information content (AvgIpc) is 2.00. The first-order chi connectivity index (χ1) is 5.97. The lowest BCUT2D eigenvalue weighted by atomic mass is 10.3. The van der Waals surface area contributed by atoms with E-state index in [1.165, 1.54) is 6.92 Å². The van der Waals surface area contributed by atoms with Crippen molar-refractivity contribution in [1.29, 1.82) is 0 Å². The molecule has 0 aromatic carbocycles. The van der Waals surface area contributed by atoms with Crippen LogP contribution in [0, 0.1) is 0 Å². The number of carbonyl (C=O) groups excluding carboxylic acids is 2. The van der Waals surface area contributed by atoms with Crippen LogP contribution in [0.2, 0.25) is 0 Å². The third-order valence-corrected chi connectivity index (χ3v) is 1.79. The number of methoxy groups -OCH3 is 1. The normalized spacial score (nSPS) is 14.4. The van der Waals surface area contributed by atoms with E-state index >= 15 is 0 Å². The first-order valence-electron chi connectivity index (χ1n) is 3.39. The molecular weight excluding hydrogens is 198 g/mol. The van der Waals surface area contributed by atoms with Crippen LogP contribution >= 0.6 is 0 Å². The van der Waals surface area contributed by atoms with Crippen molar-refractivity contribution in [2.75, 3.05) is 12.9 Å². The average molecular weight is 209 g/mol. The van der Waals surface area contributed by atoms with Gasteiger partial charge in [0.2, 0.25) is 5.91 Å². The first kappa shape index (κ1) is 12.0. The molecule has 76 valence electrons. The van der Waals surface area contributed by atoms with Crippen molar-refractivity contribution < 1.29 is 23.1 Å². The minimum atomic E-state index is -2.15. The van der Waals surface area contributed by atoms with Crippen LogP contribution < -0.4 is 5.32 Å². The molecule has 0 spiro atoms. The van der Waals surface area contributed by atoms with E-state index < -0.39 is 29.0 Å². The molecule has 0 aromatic rings. The molecule has 1 unspecified atom stereocenters. The Kier molecular flexibility index (Phi) is 5.24. The van der Waals surface area contributed by atoms with Crippen LogP contribution in [0.4, 0.5) is 0 Å². The number of hydrogen-bond acceptors (Lipinski definition) is 4. The summed E-state index contributed by atoms with van der Waals surface area (Å²) in [4.78, 5) is 21.5. The summed E-state index contributed by atoms with van der Waals surface area (Å²) >= 11 is -2.15. The molecule has 13 heavy (non-hydrogen) atoms. The summed E-state index contributed by atoms with van der Waals surface area (Å²) in [6.07, 6.45) is 0. The zero-order valence-electron chi connectivity index (χ0n) is 7.27. The van der Waals surface area contributed by atoms with E-state index in [1.807, 2.05) is 0 Å². The van der Waals surface area contributed by atoms with Crippen molar-refractivity contribution in [3.05, 3.63) is 0 Å². The van der Waals surface area contributed by atoms with E-state index in [0.717, 1.165) is 7.11 Å². The van der Waals surface area contributed by atoms with Crippen LogP contribution in [0.25, 0.3) is 0 Å². The van der Waals surface area contributed by atoms with E-state index in [9.17, 15) is 13.8 Å². The highest BCUT2D eigenvalue weighted by molar-refractivity contribution is 7.79. The number of carbonyl (C=O) groups is 2. The molecule has 0 aromatic heterocycles. The molecule has 2 N–H and O–H groups in total. The molecule has 6 nitrogen and oxygen atoms in total. The van der Waals surface area contributed by atoms with Gasteiger partial charge < -0.3 is 14.6 Å². The topological polar surface area (TPSA) is 92.7 Å². The molecule has 0 saturated heterocycles. The van der Waals surface area contributed by atoms with E-state index in [2.05, 4.69) is 10.1 Å². The molecule has 7 heteroatoms. The fraction of sp³-hybridized carbons (Fsp3) is 0.667. The van der Waals surface area contributed by atoms with Crippen LogP contribution in [0.1, 0.15) is 6.92 Å². The zero-order chi connectivity index (χ0) is 10.4. The van der Waals surface area contributed by atoms with Gasteiger partial charge in [-0.3, -0.25) is 4.79 Å². The number of ether oxygens (including phenoxy) is 1. The maximum Gasteiger partial charge on any atom is 0.329 e. The summed E-state index contributed by atoms with van der Waals surface area (Å²) in [6, 6.07) is -1.06. The summed E-state index contributed by atoms with van der Waals surface area (Å²) in [5.74, 6) is -1.56. The third kappa shape index (κ3) is 5.31. The number of esters is 1. The maximum absolute atomic E-state index is 10.9. The maximum atomic E-state index is 10.9. The molecule has 0 aliphatic rings. The van der Waals surface area contributed by atoms with Gasteiger partial charge in [-0.15, -0.1) is 0 Å². The SMILES string of the molecule is COC(=O)[C@H](CS(=O)O)NC(C)=O. The standard InChI is InChI=1S/C6H11NO5S/c1-4(8)7-5(3-13(10)11)6(9)12-2/h5H,3H2,1-2H3,(H,7,8)(H,10,11)/t5-/m0/s1.